The lowest BCUT2D eigenvalue weighted by Gasteiger charge is -2.27. The maximum atomic E-state index is 13.9. The molecule has 2 atom stereocenters. The summed E-state index contributed by atoms with van der Waals surface area (Å²) in [5.74, 6) is -2.76. The van der Waals surface area contributed by atoms with Crippen LogP contribution in [0.1, 0.15) is 29.5 Å². The molecule has 1 aromatic carbocycles. The number of urea groups is 1. The second kappa shape index (κ2) is 7.29. The van der Waals surface area contributed by atoms with Crippen LogP contribution in [0.15, 0.2) is 29.1 Å². The second-order valence-corrected chi connectivity index (χ2v) is 7.22. The number of carbonyl (C=O) groups is 1. The van der Waals surface area contributed by atoms with Crippen molar-refractivity contribution in [2.24, 2.45) is 0 Å². The number of alkyl halides is 3. The fraction of sp³-hybridized carbons (Fsp3) is 0.368. The van der Waals surface area contributed by atoms with E-state index in [1.807, 2.05) is 9.88 Å². The third-order valence-corrected chi connectivity index (χ3v) is 5.16. The van der Waals surface area contributed by atoms with Gasteiger partial charge < -0.3 is 19.6 Å². The molecule has 160 valence electrons. The molecule has 3 heterocycles. The quantitative estimate of drug-likeness (QED) is 0.617. The fourth-order valence-corrected chi connectivity index (χ4v) is 3.68. The van der Waals surface area contributed by atoms with E-state index in [4.69, 9.17) is 4.42 Å². The van der Waals surface area contributed by atoms with Crippen molar-refractivity contribution in [2.75, 3.05) is 0 Å². The summed E-state index contributed by atoms with van der Waals surface area (Å²) in [5.41, 5.74) is 0.376. The molecule has 3 aromatic rings. The van der Waals surface area contributed by atoms with Crippen LogP contribution in [0.4, 0.5) is 26.7 Å². The lowest BCUT2D eigenvalue weighted by molar-refractivity contribution is -0.158. The van der Waals surface area contributed by atoms with E-state index < -0.39 is 41.2 Å². The van der Waals surface area contributed by atoms with Crippen molar-refractivity contribution in [2.45, 2.75) is 44.6 Å². The number of benzene rings is 1. The molecule has 1 aliphatic rings. The van der Waals surface area contributed by atoms with Crippen molar-refractivity contribution in [3.8, 4) is 0 Å². The zero-order chi connectivity index (χ0) is 21.6. The van der Waals surface area contributed by atoms with E-state index in [0.29, 0.717) is 25.5 Å². The third-order valence-electron chi connectivity index (χ3n) is 5.16. The predicted octanol–water partition coefficient (Wildman–Crippen LogP) is 4.13. The van der Waals surface area contributed by atoms with Gasteiger partial charge in [-0.25, -0.2) is 18.6 Å². The maximum Gasteiger partial charge on any atom is 0.416 e. The Labute approximate surface area is 167 Å². The first-order chi connectivity index (χ1) is 14.1. The SMILES string of the molecule is Cc1c([C@H](NC(=O)NC2CCc3cncn3C2)C(F)(F)F)oc2c(F)cc(F)cc12. The highest BCUT2D eigenvalue weighted by atomic mass is 19.4. The van der Waals surface area contributed by atoms with Crippen LogP contribution in [-0.2, 0) is 13.0 Å². The second-order valence-electron chi connectivity index (χ2n) is 7.22. The average molecular weight is 428 g/mol. The third kappa shape index (κ3) is 3.71. The van der Waals surface area contributed by atoms with Gasteiger partial charge in [-0.15, -0.1) is 0 Å². The molecule has 2 N–H and O–H groups in total. The molecular formula is C19H17F5N4O2. The van der Waals surface area contributed by atoms with E-state index in [9.17, 15) is 26.7 Å². The van der Waals surface area contributed by atoms with Crippen molar-refractivity contribution >= 4 is 17.0 Å². The van der Waals surface area contributed by atoms with Crippen LogP contribution in [0.2, 0.25) is 0 Å². The molecule has 6 nitrogen and oxygen atoms in total. The minimum Gasteiger partial charge on any atom is -0.455 e. The number of hydrogen-bond acceptors (Lipinski definition) is 3. The topological polar surface area (TPSA) is 72.1 Å². The Kier molecular flexibility index (Phi) is 4.91. The summed E-state index contributed by atoms with van der Waals surface area (Å²) in [4.78, 5) is 16.3. The number of rotatable bonds is 3. The molecule has 2 amide bonds. The van der Waals surface area contributed by atoms with Gasteiger partial charge in [-0.05, 0) is 25.8 Å². The molecule has 4 rings (SSSR count). The summed E-state index contributed by atoms with van der Waals surface area (Å²) in [7, 11) is 0. The molecule has 1 aliphatic heterocycles. The van der Waals surface area contributed by atoms with Gasteiger partial charge in [0, 0.05) is 41.5 Å². The van der Waals surface area contributed by atoms with Gasteiger partial charge in [-0.2, -0.15) is 13.2 Å². The van der Waals surface area contributed by atoms with Crippen molar-refractivity contribution < 1.29 is 31.2 Å². The van der Waals surface area contributed by atoms with Gasteiger partial charge in [-0.1, -0.05) is 0 Å². The van der Waals surface area contributed by atoms with Gasteiger partial charge >= 0.3 is 12.2 Å². The Morgan fingerprint density at radius 1 is 1.33 bits per heavy atom. The molecule has 30 heavy (non-hydrogen) atoms. The number of aromatic nitrogens is 2. The standard InChI is InChI=1S/C19H17F5N4O2/c1-9-13-4-10(20)5-14(21)16(13)30-15(9)17(19(22,23)24)27-18(29)26-11-2-3-12-6-25-8-28(12)7-11/h4-6,8,11,17H,2-3,7H2,1H3,(H2,26,27,29)/t11?,17-/m0/s1. The van der Waals surface area contributed by atoms with E-state index in [0.717, 1.165) is 11.8 Å². The number of aryl methyl sites for hydroxylation is 2. The van der Waals surface area contributed by atoms with Crippen molar-refractivity contribution in [1.82, 2.24) is 20.2 Å². The summed E-state index contributed by atoms with van der Waals surface area (Å²) in [6.07, 6.45) is -0.465. The number of fused-ring (bicyclic) bond motifs is 2. The first kappa shape index (κ1) is 20.2. The Balaban J connectivity index is 1.57. The van der Waals surface area contributed by atoms with Gasteiger partial charge in [0.05, 0.1) is 6.33 Å². The summed E-state index contributed by atoms with van der Waals surface area (Å²) in [6, 6.07) is -2.55. The van der Waals surface area contributed by atoms with E-state index in [-0.39, 0.29) is 17.0 Å². The van der Waals surface area contributed by atoms with Crippen LogP contribution in [0.25, 0.3) is 11.0 Å². The fourth-order valence-electron chi connectivity index (χ4n) is 3.68. The first-order valence-corrected chi connectivity index (χ1v) is 9.14. The largest absolute Gasteiger partial charge is 0.455 e. The van der Waals surface area contributed by atoms with Crippen LogP contribution in [0.3, 0.4) is 0 Å². The normalized spacial score (nSPS) is 17.6. The van der Waals surface area contributed by atoms with Gasteiger partial charge in [0.15, 0.2) is 17.4 Å². The monoisotopic (exact) mass is 428 g/mol. The number of imidazole rings is 1. The zero-order valence-electron chi connectivity index (χ0n) is 15.7. The first-order valence-electron chi connectivity index (χ1n) is 9.14. The van der Waals surface area contributed by atoms with Gasteiger partial charge in [0.2, 0.25) is 0 Å². The number of carbonyl (C=O) groups excluding carboxylic acids is 1. The Hall–Kier alpha value is -3.11. The van der Waals surface area contributed by atoms with Crippen LogP contribution in [0, 0.1) is 18.6 Å². The molecule has 0 aliphatic carbocycles. The zero-order valence-corrected chi connectivity index (χ0v) is 15.7. The predicted molar refractivity (Wildman–Crippen MR) is 95.7 cm³/mol. The highest BCUT2D eigenvalue weighted by molar-refractivity contribution is 5.83. The smallest absolute Gasteiger partial charge is 0.416 e. The molecule has 11 heteroatoms. The number of furan rings is 1. The lowest BCUT2D eigenvalue weighted by Crippen LogP contribution is -2.49. The molecule has 0 radical (unpaired) electrons. The van der Waals surface area contributed by atoms with Gasteiger partial charge in [0.25, 0.3) is 0 Å². The van der Waals surface area contributed by atoms with Crippen molar-refractivity contribution in [3.63, 3.8) is 0 Å². The maximum absolute atomic E-state index is 13.9. The number of hydrogen-bond donors (Lipinski definition) is 2. The van der Waals surface area contributed by atoms with E-state index in [2.05, 4.69) is 10.3 Å². The summed E-state index contributed by atoms with van der Waals surface area (Å²) >= 11 is 0. The number of amides is 2. The minimum absolute atomic E-state index is 0.105. The minimum atomic E-state index is -4.92. The van der Waals surface area contributed by atoms with E-state index >= 15 is 0 Å². The molecule has 2 aromatic heterocycles. The molecule has 0 bridgehead atoms. The molecule has 0 saturated carbocycles. The van der Waals surface area contributed by atoms with Crippen LogP contribution >= 0.6 is 0 Å². The van der Waals surface area contributed by atoms with Gasteiger partial charge in [0.1, 0.15) is 11.6 Å². The Bertz CT molecular complexity index is 1100. The molecule has 0 fully saturated rings. The van der Waals surface area contributed by atoms with Crippen molar-refractivity contribution in [3.05, 3.63) is 53.3 Å². The lowest BCUT2D eigenvalue weighted by atomic mass is 10.1. The summed E-state index contributed by atoms with van der Waals surface area (Å²) in [5, 5.41) is 4.26. The van der Waals surface area contributed by atoms with E-state index in [1.54, 1.807) is 12.5 Å². The van der Waals surface area contributed by atoms with E-state index in [1.165, 1.54) is 6.92 Å². The molecule has 0 spiro atoms. The van der Waals surface area contributed by atoms with Gasteiger partial charge in [-0.3, -0.25) is 0 Å². The number of halogens is 5. The number of nitrogens with one attached hydrogen (secondary N) is 2. The Morgan fingerprint density at radius 3 is 2.83 bits per heavy atom. The molecule has 1 unspecified atom stereocenters. The van der Waals surface area contributed by atoms with Crippen molar-refractivity contribution in [1.29, 1.82) is 0 Å². The summed E-state index contributed by atoms with van der Waals surface area (Å²) < 4.78 is 75.4. The molecule has 0 saturated heterocycles. The van der Waals surface area contributed by atoms with Crippen LogP contribution in [-0.4, -0.2) is 27.8 Å². The highest BCUT2D eigenvalue weighted by Crippen LogP contribution is 2.39. The van der Waals surface area contributed by atoms with Crippen LogP contribution in [0.5, 0.6) is 0 Å². The highest BCUT2D eigenvalue weighted by Gasteiger charge is 2.45. The molecular weight excluding hydrogens is 411 g/mol. The summed E-state index contributed by atoms with van der Waals surface area (Å²) in [6.45, 7) is 1.63. The Morgan fingerprint density at radius 2 is 2.10 bits per heavy atom. The average Bonchev–Trinajstić information content (AvgIpc) is 3.24. The number of nitrogens with zero attached hydrogens (tertiary/aromatic N) is 2. The van der Waals surface area contributed by atoms with Crippen LogP contribution < -0.4 is 10.6 Å².